The van der Waals surface area contributed by atoms with E-state index in [9.17, 15) is 24.5 Å². The van der Waals surface area contributed by atoms with Gasteiger partial charge in [-0.25, -0.2) is 9.69 Å². The lowest BCUT2D eigenvalue weighted by Crippen LogP contribution is -2.54. The van der Waals surface area contributed by atoms with Gasteiger partial charge < -0.3 is 0 Å². The summed E-state index contributed by atoms with van der Waals surface area (Å²) < 4.78 is 0. The Kier molecular flexibility index (Phi) is 4.79. The van der Waals surface area contributed by atoms with Crippen LogP contribution in [0.3, 0.4) is 0 Å². The van der Waals surface area contributed by atoms with Crippen molar-refractivity contribution in [3.05, 3.63) is 74.3 Å². The Labute approximate surface area is 160 Å². The highest BCUT2D eigenvalue weighted by molar-refractivity contribution is 6.39. The summed E-state index contributed by atoms with van der Waals surface area (Å²) in [4.78, 5) is 48.8. The van der Waals surface area contributed by atoms with Crippen molar-refractivity contribution in [1.29, 1.82) is 0 Å². The third-order valence-electron chi connectivity index (χ3n) is 4.38. The summed E-state index contributed by atoms with van der Waals surface area (Å²) in [5.74, 6) is -1.56. The van der Waals surface area contributed by atoms with Crippen molar-refractivity contribution in [2.24, 2.45) is 0 Å². The molecule has 1 N–H and O–H groups in total. The fraction of sp³-hybridized carbons (Fsp3) is 0.150. The molecule has 2 aromatic rings. The number of hydrogen-bond donors (Lipinski definition) is 1. The second-order valence-electron chi connectivity index (χ2n) is 6.55. The number of imide groups is 2. The van der Waals surface area contributed by atoms with Gasteiger partial charge >= 0.3 is 6.03 Å². The summed E-state index contributed by atoms with van der Waals surface area (Å²) in [5.41, 5.74) is 2.96. The molecule has 1 heterocycles. The number of benzene rings is 2. The Hall–Kier alpha value is -3.81. The maximum Gasteiger partial charge on any atom is 0.335 e. The van der Waals surface area contributed by atoms with Gasteiger partial charge in [0.2, 0.25) is 0 Å². The van der Waals surface area contributed by atoms with Crippen molar-refractivity contribution in [3.63, 3.8) is 0 Å². The van der Waals surface area contributed by atoms with Crippen molar-refractivity contribution >= 4 is 35.3 Å². The molecule has 0 bridgehead atoms. The standard InChI is InChI=1S/C20H17N3O5/c1-11-8-12(2)17(13(3)9-11)22-19(25)16(18(24)21-20(22)26)10-14-4-6-15(7-5-14)23(27)28/h4-10H,1-3H3,(H,21,24,26). The van der Waals surface area contributed by atoms with E-state index in [-0.39, 0.29) is 11.3 Å². The first-order valence-electron chi connectivity index (χ1n) is 8.43. The Balaban J connectivity index is 2.04. The van der Waals surface area contributed by atoms with E-state index in [0.29, 0.717) is 11.3 Å². The molecule has 142 valence electrons. The van der Waals surface area contributed by atoms with Crippen molar-refractivity contribution in [1.82, 2.24) is 5.32 Å². The van der Waals surface area contributed by atoms with Crippen molar-refractivity contribution in [2.45, 2.75) is 20.8 Å². The van der Waals surface area contributed by atoms with E-state index >= 15 is 0 Å². The second-order valence-corrected chi connectivity index (χ2v) is 6.55. The van der Waals surface area contributed by atoms with Crippen LogP contribution in [0.2, 0.25) is 0 Å². The number of carbonyl (C=O) groups excluding carboxylic acids is 3. The minimum atomic E-state index is -0.814. The average Bonchev–Trinajstić information content (AvgIpc) is 2.61. The minimum Gasteiger partial charge on any atom is -0.273 e. The molecule has 0 saturated carbocycles. The molecule has 0 aliphatic carbocycles. The number of non-ortho nitro benzene ring substituents is 1. The molecule has 0 unspecified atom stereocenters. The van der Waals surface area contributed by atoms with Gasteiger partial charge in [-0.15, -0.1) is 0 Å². The molecule has 1 saturated heterocycles. The number of urea groups is 1. The lowest BCUT2D eigenvalue weighted by molar-refractivity contribution is -0.384. The zero-order valence-corrected chi connectivity index (χ0v) is 15.5. The zero-order valence-electron chi connectivity index (χ0n) is 15.5. The van der Waals surface area contributed by atoms with Crippen LogP contribution in [0.1, 0.15) is 22.3 Å². The number of nitro groups is 1. The molecule has 3 rings (SSSR count). The highest BCUT2D eigenvalue weighted by Crippen LogP contribution is 2.29. The van der Waals surface area contributed by atoms with Crippen LogP contribution in [-0.2, 0) is 9.59 Å². The molecule has 1 fully saturated rings. The molecule has 0 atom stereocenters. The van der Waals surface area contributed by atoms with Gasteiger partial charge in [-0.05, 0) is 55.7 Å². The van der Waals surface area contributed by atoms with Crippen molar-refractivity contribution in [3.8, 4) is 0 Å². The van der Waals surface area contributed by atoms with E-state index in [1.807, 2.05) is 19.1 Å². The van der Waals surface area contributed by atoms with Gasteiger partial charge in [-0.1, -0.05) is 17.7 Å². The third-order valence-corrected chi connectivity index (χ3v) is 4.38. The highest BCUT2D eigenvalue weighted by Gasteiger charge is 2.38. The molecule has 8 nitrogen and oxygen atoms in total. The van der Waals surface area contributed by atoms with Crippen molar-refractivity contribution < 1.29 is 19.3 Å². The number of rotatable bonds is 3. The molecule has 1 aliphatic heterocycles. The predicted octanol–water partition coefficient (Wildman–Crippen LogP) is 3.19. The van der Waals surface area contributed by atoms with E-state index in [0.717, 1.165) is 21.6 Å². The van der Waals surface area contributed by atoms with Gasteiger partial charge in [0.05, 0.1) is 10.6 Å². The fourth-order valence-electron chi connectivity index (χ4n) is 3.24. The molecule has 1 aliphatic rings. The summed E-state index contributed by atoms with van der Waals surface area (Å²) in [6, 6.07) is 8.27. The second kappa shape index (κ2) is 7.07. The molecular formula is C20H17N3O5. The minimum absolute atomic E-state index is 0.107. The van der Waals surface area contributed by atoms with Gasteiger partial charge in [-0.3, -0.25) is 25.0 Å². The maximum atomic E-state index is 13.0. The van der Waals surface area contributed by atoms with Crippen molar-refractivity contribution in [2.75, 3.05) is 4.90 Å². The normalized spacial score (nSPS) is 15.8. The van der Waals surface area contributed by atoms with Gasteiger partial charge in [0.25, 0.3) is 17.5 Å². The molecule has 0 aromatic heterocycles. The predicted molar refractivity (Wildman–Crippen MR) is 103 cm³/mol. The number of anilines is 1. The summed E-state index contributed by atoms with van der Waals surface area (Å²) in [5, 5.41) is 12.9. The van der Waals surface area contributed by atoms with Gasteiger partial charge in [-0.2, -0.15) is 0 Å². The largest absolute Gasteiger partial charge is 0.335 e. The summed E-state index contributed by atoms with van der Waals surface area (Å²) in [6.07, 6.45) is 1.31. The lowest BCUT2D eigenvalue weighted by Gasteiger charge is -2.29. The Morgan fingerprint density at radius 3 is 2.11 bits per heavy atom. The number of barbiturate groups is 1. The molecular weight excluding hydrogens is 362 g/mol. The zero-order chi connectivity index (χ0) is 20.6. The van der Waals surface area contributed by atoms with Crippen LogP contribution >= 0.6 is 0 Å². The first-order valence-corrected chi connectivity index (χ1v) is 8.43. The van der Waals surface area contributed by atoms with Crippen LogP contribution in [0.15, 0.2) is 42.0 Å². The molecule has 0 spiro atoms. The molecule has 8 heteroatoms. The lowest BCUT2D eigenvalue weighted by atomic mass is 10.0. The Morgan fingerprint density at radius 1 is 1.00 bits per heavy atom. The highest BCUT2D eigenvalue weighted by atomic mass is 16.6. The topological polar surface area (TPSA) is 110 Å². The quantitative estimate of drug-likeness (QED) is 0.381. The third kappa shape index (κ3) is 3.39. The van der Waals surface area contributed by atoms with Crippen LogP contribution in [0.5, 0.6) is 0 Å². The number of amides is 4. The first kappa shape index (κ1) is 19.0. The number of carbonyl (C=O) groups is 3. The number of nitro benzene ring substituents is 1. The smallest absolute Gasteiger partial charge is 0.273 e. The van der Waals surface area contributed by atoms with E-state index in [1.54, 1.807) is 13.8 Å². The SMILES string of the molecule is Cc1cc(C)c(N2C(=O)NC(=O)C(=Cc3ccc([N+](=O)[O-])cc3)C2=O)c(C)c1. The van der Waals surface area contributed by atoms with Gasteiger partial charge in [0.1, 0.15) is 5.57 Å². The van der Waals surface area contributed by atoms with Crippen LogP contribution in [-0.4, -0.2) is 22.8 Å². The fourth-order valence-corrected chi connectivity index (χ4v) is 3.24. The first-order chi connectivity index (χ1) is 13.2. The summed E-state index contributed by atoms with van der Waals surface area (Å²) in [6.45, 7) is 5.48. The van der Waals surface area contributed by atoms with Gasteiger partial charge in [0, 0.05) is 12.1 Å². The van der Waals surface area contributed by atoms with Crippen LogP contribution in [0, 0.1) is 30.9 Å². The van der Waals surface area contributed by atoms with Gasteiger partial charge in [0.15, 0.2) is 0 Å². The number of hydrogen-bond acceptors (Lipinski definition) is 5. The van der Waals surface area contributed by atoms with Crippen LogP contribution in [0.25, 0.3) is 6.08 Å². The molecule has 28 heavy (non-hydrogen) atoms. The monoisotopic (exact) mass is 379 g/mol. The molecule has 4 amide bonds. The van der Waals surface area contributed by atoms with Crippen LogP contribution in [0.4, 0.5) is 16.2 Å². The summed E-state index contributed by atoms with van der Waals surface area (Å²) in [7, 11) is 0. The number of nitrogens with one attached hydrogen (secondary N) is 1. The van der Waals surface area contributed by atoms with E-state index in [1.165, 1.54) is 30.3 Å². The summed E-state index contributed by atoms with van der Waals surface area (Å²) >= 11 is 0. The van der Waals surface area contributed by atoms with E-state index in [4.69, 9.17) is 0 Å². The Morgan fingerprint density at radius 2 is 1.57 bits per heavy atom. The molecule has 2 aromatic carbocycles. The number of nitrogens with zero attached hydrogens (tertiary/aromatic N) is 2. The van der Waals surface area contributed by atoms with Crippen LogP contribution < -0.4 is 10.2 Å². The average molecular weight is 379 g/mol. The van der Waals surface area contributed by atoms with E-state index < -0.39 is 22.8 Å². The maximum absolute atomic E-state index is 13.0. The molecule has 0 radical (unpaired) electrons. The number of aryl methyl sites for hydroxylation is 3. The van der Waals surface area contributed by atoms with E-state index in [2.05, 4.69) is 5.32 Å². The Bertz CT molecular complexity index is 1030.